The summed E-state index contributed by atoms with van der Waals surface area (Å²) >= 11 is 1.26. The molecule has 0 spiro atoms. The van der Waals surface area contributed by atoms with Crippen molar-refractivity contribution in [3.05, 3.63) is 28.9 Å². The second kappa shape index (κ2) is 5.65. The highest BCUT2D eigenvalue weighted by molar-refractivity contribution is 7.15. The first kappa shape index (κ1) is 15.2. The van der Waals surface area contributed by atoms with E-state index in [9.17, 15) is 4.79 Å². The van der Waals surface area contributed by atoms with Crippen LogP contribution in [0, 0.1) is 0 Å². The number of amides is 1. The monoisotopic (exact) mass is 306 g/mol. The summed E-state index contributed by atoms with van der Waals surface area (Å²) in [6.45, 7) is 3.71. The fraction of sp³-hybridized carbons (Fsp3) is 0.385. The van der Waals surface area contributed by atoms with Crippen LogP contribution in [0.1, 0.15) is 29.2 Å². The van der Waals surface area contributed by atoms with Crippen LogP contribution in [0.5, 0.6) is 0 Å². The van der Waals surface area contributed by atoms with Crippen LogP contribution in [0.25, 0.3) is 0 Å². The number of nitrogens with two attached hydrogens (primary N) is 1. The van der Waals surface area contributed by atoms with Crippen LogP contribution in [0.2, 0.25) is 0 Å². The quantitative estimate of drug-likeness (QED) is 0.882. The van der Waals surface area contributed by atoms with E-state index in [0.29, 0.717) is 15.7 Å². The first-order chi connectivity index (χ1) is 9.79. The topological polar surface area (TPSA) is 97.0 Å². The molecule has 0 aliphatic heterocycles. The Kier molecular flexibility index (Phi) is 4.08. The molecule has 2 aromatic rings. The van der Waals surface area contributed by atoms with Crippen molar-refractivity contribution in [2.75, 3.05) is 24.7 Å². The number of aromatic nitrogens is 3. The van der Waals surface area contributed by atoms with Crippen molar-refractivity contribution in [2.45, 2.75) is 19.4 Å². The number of rotatable bonds is 4. The van der Waals surface area contributed by atoms with E-state index in [2.05, 4.69) is 20.5 Å². The zero-order valence-corrected chi connectivity index (χ0v) is 13.2. The molecule has 0 atom stereocenters. The predicted molar refractivity (Wildman–Crippen MR) is 83.4 cm³/mol. The van der Waals surface area contributed by atoms with E-state index in [-0.39, 0.29) is 5.91 Å². The van der Waals surface area contributed by atoms with Crippen molar-refractivity contribution < 1.29 is 4.79 Å². The van der Waals surface area contributed by atoms with Gasteiger partial charge in [0.1, 0.15) is 10.8 Å². The highest BCUT2D eigenvalue weighted by atomic mass is 32.1. The summed E-state index contributed by atoms with van der Waals surface area (Å²) in [7, 11) is 3.79. The van der Waals surface area contributed by atoms with Gasteiger partial charge in [0.15, 0.2) is 0 Å². The molecule has 2 rings (SSSR count). The summed E-state index contributed by atoms with van der Waals surface area (Å²) < 4.78 is 0. The first-order valence-corrected chi connectivity index (χ1v) is 7.16. The molecule has 2 aromatic heterocycles. The lowest BCUT2D eigenvalue weighted by molar-refractivity contribution is 0.0911. The lowest BCUT2D eigenvalue weighted by Gasteiger charge is -2.23. The maximum Gasteiger partial charge on any atom is 0.253 e. The van der Waals surface area contributed by atoms with Crippen LogP contribution in [0.3, 0.4) is 0 Å². The number of carbonyl (C=O) groups excluding carboxylic acids is 1. The summed E-state index contributed by atoms with van der Waals surface area (Å²) in [4.78, 5) is 18.4. The van der Waals surface area contributed by atoms with E-state index in [1.807, 2.05) is 32.8 Å². The molecule has 0 radical (unpaired) electrons. The van der Waals surface area contributed by atoms with Gasteiger partial charge in [-0.25, -0.2) is 4.98 Å². The highest BCUT2D eigenvalue weighted by Gasteiger charge is 2.27. The van der Waals surface area contributed by atoms with Crippen LogP contribution in [-0.2, 0) is 5.54 Å². The van der Waals surface area contributed by atoms with Gasteiger partial charge in [-0.2, -0.15) is 0 Å². The van der Waals surface area contributed by atoms with Gasteiger partial charge in [-0.1, -0.05) is 11.3 Å². The summed E-state index contributed by atoms with van der Waals surface area (Å²) in [6.07, 6.45) is 1.55. The number of nitrogens with one attached hydrogen (secondary N) is 1. The van der Waals surface area contributed by atoms with E-state index in [0.717, 1.165) is 5.82 Å². The molecule has 7 nitrogen and oxygen atoms in total. The molecule has 0 saturated carbocycles. The van der Waals surface area contributed by atoms with Gasteiger partial charge in [-0.3, -0.25) is 4.79 Å². The van der Waals surface area contributed by atoms with Gasteiger partial charge in [0.2, 0.25) is 5.13 Å². The predicted octanol–water partition coefficient (Wildman–Crippen LogP) is 1.25. The molecule has 1 amide bonds. The van der Waals surface area contributed by atoms with E-state index in [1.54, 1.807) is 18.3 Å². The molecule has 0 aromatic carbocycles. The minimum atomic E-state index is -0.646. The van der Waals surface area contributed by atoms with E-state index in [4.69, 9.17) is 5.73 Å². The standard InChI is InChI=1S/C13H18N6OS/c1-13(2,11-17-18-12(14)21-11)16-10(20)8-5-6-9(15-7-8)19(3)4/h5-7H,1-4H3,(H2,14,18)(H,16,20). The van der Waals surface area contributed by atoms with Crippen LogP contribution < -0.4 is 16.0 Å². The fourth-order valence-electron chi connectivity index (χ4n) is 1.68. The summed E-state index contributed by atoms with van der Waals surface area (Å²) in [5.74, 6) is 0.578. The second-order valence-corrected chi connectivity index (χ2v) is 6.33. The SMILES string of the molecule is CN(C)c1ccc(C(=O)NC(C)(C)c2nnc(N)s2)cn1. The van der Waals surface area contributed by atoms with Crippen LogP contribution in [0.15, 0.2) is 18.3 Å². The number of nitrogen functional groups attached to an aromatic ring is 1. The zero-order chi connectivity index (χ0) is 15.6. The van der Waals surface area contributed by atoms with Crippen LogP contribution in [0.4, 0.5) is 10.9 Å². The number of hydrogen-bond donors (Lipinski definition) is 2. The Morgan fingerprint density at radius 1 is 1.33 bits per heavy atom. The Balaban J connectivity index is 2.13. The van der Waals surface area contributed by atoms with Gasteiger partial charge in [0.25, 0.3) is 5.91 Å². The Bertz CT molecular complexity index is 634. The van der Waals surface area contributed by atoms with Crippen molar-refractivity contribution >= 4 is 28.2 Å². The lowest BCUT2D eigenvalue weighted by Crippen LogP contribution is -2.41. The molecule has 0 bridgehead atoms. The van der Waals surface area contributed by atoms with Gasteiger partial charge in [0.05, 0.1) is 11.1 Å². The fourth-order valence-corrected chi connectivity index (χ4v) is 2.35. The zero-order valence-electron chi connectivity index (χ0n) is 12.4. The second-order valence-electron chi connectivity index (χ2n) is 5.32. The molecular formula is C13H18N6OS. The molecule has 21 heavy (non-hydrogen) atoms. The Morgan fingerprint density at radius 3 is 2.52 bits per heavy atom. The average Bonchev–Trinajstić information content (AvgIpc) is 2.86. The number of pyridine rings is 1. The third kappa shape index (κ3) is 3.46. The first-order valence-electron chi connectivity index (χ1n) is 6.35. The van der Waals surface area contributed by atoms with Gasteiger partial charge in [-0.15, -0.1) is 10.2 Å². The number of nitrogens with zero attached hydrogens (tertiary/aromatic N) is 4. The molecular weight excluding hydrogens is 288 g/mol. The molecule has 0 fully saturated rings. The Labute approximate surface area is 127 Å². The average molecular weight is 306 g/mol. The third-order valence-corrected chi connectivity index (χ3v) is 3.95. The highest BCUT2D eigenvalue weighted by Crippen LogP contribution is 2.25. The summed E-state index contributed by atoms with van der Waals surface area (Å²) in [5.41, 5.74) is 5.43. The Hall–Kier alpha value is -2.22. The Morgan fingerprint density at radius 2 is 2.05 bits per heavy atom. The van der Waals surface area contributed by atoms with E-state index in [1.165, 1.54) is 11.3 Å². The maximum absolute atomic E-state index is 12.3. The molecule has 0 saturated heterocycles. The molecule has 2 heterocycles. The normalized spacial score (nSPS) is 11.2. The molecule has 0 unspecified atom stereocenters. The van der Waals surface area contributed by atoms with Gasteiger partial charge < -0.3 is 16.0 Å². The number of hydrogen-bond acceptors (Lipinski definition) is 7. The molecule has 0 aliphatic carbocycles. The van der Waals surface area contributed by atoms with E-state index < -0.39 is 5.54 Å². The smallest absolute Gasteiger partial charge is 0.253 e. The van der Waals surface area contributed by atoms with Gasteiger partial charge in [-0.05, 0) is 26.0 Å². The van der Waals surface area contributed by atoms with Crippen molar-refractivity contribution in [3.8, 4) is 0 Å². The largest absolute Gasteiger partial charge is 0.374 e. The number of anilines is 2. The maximum atomic E-state index is 12.3. The summed E-state index contributed by atoms with van der Waals surface area (Å²) in [5, 5.41) is 11.7. The van der Waals surface area contributed by atoms with Gasteiger partial charge >= 0.3 is 0 Å². The number of carbonyl (C=O) groups is 1. The van der Waals surface area contributed by atoms with Crippen molar-refractivity contribution in [1.82, 2.24) is 20.5 Å². The van der Waals surface area contributed by atoms with E-state index >= 15 is 0 Å². The van der Waals surface area contributed by atoms with Crippen molar-refractivity contribution in [3.63, 3.8) is 0 Å². The molecule has 8 heteroatoms. The molecule has 3 N–H and O–H groups in total. The lowest BCUT2D eigenvalue weighted by atomic mass is 10.1. The van der Waals surface area contributed by atoms with Crippen molar-refractivity contribution in [2.24, 2.45) is 0 Å². The van der Waals surface area contributed by atoms with Crippen molar-refractivity contribution in [1.29, 1.82) is 0 Å². The third-order valence-electron chi connectivity index (χ3n) is 2.87. The minimum Gasteiger partial charge on any atom is -0.374 e. The molecule has 0 aliphatic rings. The molecule has 112 valence electrons. The minimum absolute atomic E-state index is 0.216. The van der Waals surface area contributed by atoms with Crippen LogP contribution in [-0.4, -0.2) is 35.2 Å². The van der Waals surface area contributed by atoms with Gasteiger partial charge in [0, 0.05) is 20.3 Å². The summed E-state index contributed by atoms with van der Waals surface area (Å²) in [6, 6.07) is 3.53. The van der Waals surface area contributed by atoms with Crippen LogP contribution >= 0.6 is 11.3 Å².